The van der Waals surface area contributed by atoms with Crippen molar-refractivity contribution in [3.05, 3.63) is 59.2 Å². The predicted molar refractivity (Wildman–Crippen MR) is 79.9 cm³/mol. The Morgan fingerprint density at radius 1 is 1.21 bits per heavy atom. The van der Waals surface area contributed by atoms with Gasteiger partial charge in [0.15, 0.2) is 0 Å². The van der Waals surface area contributed by atoms with Gasteiger partial charge in [-0.05, 0) is 36.2 Å². The van der Waals surface area contributed by atoms with Gasteiger partial charge in [0.05, 0.1) is 5.56 Å². The standard InChI is InChI=1S/C15H14BrNO2/c1-10-3-2-4-13(14(10)18)15(19)17-12-7-5-11(9-16)6-8-12/h2-8,18H,9H2,1H3,(H,17,19). The fraction of sp³-hybridized carbons (Fsp3) is 0.133. The Hall–Kier alpha value is -1.81. The Labute approximate surface area is 120 Å². The number of halogens is 1. The molecule has 0 unspecified atom stereocenters. The summed E-state index contributed by atoms with van der Waals surface area (Å²) in [7, 11) is 0. The number of nitrogens with one attached hydrogen (secondary N) is 1. The van der Waals surface area contributed by atoms with E-state index >= 15 is 0 Å². The first-order valence-electron chi connectivity index (χ1n) is 5.86. The summed E-state index contributed by atoms with van der Waals surface area (Å²) in [6.07, 6.45) is 0. The molecule has 2 aromatic rings. The van der Waals surface area contributed by atoms with Crippen molar-refractivity contribution in [1.82, 2.24) is 0 Å². The summed E-state index contributed by atoms with van der Waals surface area (Å²) in [6, 6.07) is 12.6. The van der Waals surface area contributed by atoms with Crippen molar-refractivity contribution in [3.8, 4) is 5.75 Å². The van der Waals surface area contributed by atoms with Crippen LogP contribution in [0.15, 0.2) is 42.5 Å². The monoisotopic (exact) mass is 319 g/mol. The first-order valence-corrected chi connectivity index (χ1v) is 6.99. The number of carbonyl (C=O) groups is 1. The van der Waals surface area contributed by atoms with Gasteiger partial charge >= 0.3 is 0 Å². The molecule has 0 spiro atoms. The fourth-order valence-corrected chi connectivity index (χ4v) is 2.09. The van der Waals surface area contributed by atoms with Crippen LogP contribution in [0.1, 0.15) is 21.5 Å². The van der Waals surface area contributed by atoms with Gasteiger partial charge < -0.3 is 10.4 Å². The summed E-state index contributed by atoms with van der Waals surface area (Å²) in [4.78, 5) is 12.1. The third kappa shape index (κ3) is 3.15. The number of benzene rings is 2. The number of hydrogen-bond acceptors (Lipinski definition) is 2. The van der Waals surface area contributed by atoms with Crippen LogP contribution < -0.4 is 5.32 Å². The Morgan fingerprint density at radius 3 is 2.53 bits per heavy atom. The minimum absolute atomic E-state index is 0.0251. The van der Waals surface area contributed by atoms with E-state index in [4.69, 9.17) is 0 Å². The van der Waals surface area contributed by atoms with Crippen molar-refractivity contribution in [3.63, 3.8) is 0 Å². The summed E-state index contributed by atoms with van der Waals surface area (Å²) < 4.78 is 0. The maximum atomic E-state index is 12.1. The smallest absolute Gasteiger partial charge is 0.259 e. The van der Waals surface area contributed by atoms with Gasteiger partial charge in [0.25, 0.3) is 5.91 Å². The highest BCUT2D eigenvalue weighted by molar-refractivity contribution is 9.08. The van der Waals surface area contributed by atoms with Crippen molar-refractivity contribution in [2.45, 2.75) is 12.3 Å². The predicted octanol–water partition coefficient (Wildman–Crippen LogP) is 3.85. The van der Waals surface area contributed by atoms with Crippen LogP contribution in [0, 0.1) is 6.92 Å². The number of amides is 1. The molecule has 2 rings (SSSR count). The lowest BCUT2D eigenvalue weighted by Crippen LogP contribution is -2.12. The van der Waals surface area contributed by atoms with Crippen LogP contribution in [0.4, 0.5) is 5.69 Å². The molecule has 2 N–H and O–H groups in total. The van der Waals surface area contributed by atoms with Gasteiger partial charge in [0.1, 0.15) is 5.75 Å². The van der Waals surface area contributed by atoms with E-state index in [0.29, 0.717) is 11.3 Å². The van der Waals surface area contributed by atoms with Crippen LogP contribution in [0.2, 0.25) is 0 Å². The van der Waals surface area contributed by atoms with Crippen LogP contribution in [-0.4, -0.2) is 11.0 Å². The number of carbonyl (C=O) groups excluding carboxylic acids is 1. The average Bonchev–Trinajstić information content (AvgIpc) is 2.42. The molecule has 19 heavy (non-hydrogen) atoms. The molecule has 0 saturated heterocycles. The lowest BCUT2D eigenvalue weighted by Gasteiger charge is -2.08. The topological polar surface area (TPSA) is 49.3 Å². The third-order valence-electron chi connectivity index (χ3n) is 2.85. The van der Waals surface area contributed by atoms with E-state index in [1.165, 1.54) is 0 Å². The number of anilines is 1. The van der Waals surface area contributed by atoms with Crippen molar-refractivity contribution < 1.29 is 9.90 Å². The molecule has 1 amide bonds. The number of aryl methyl sites for hydroxylation is 1. The van der Waals surface area contributed by atoms with Crippen molar-refractivity contribution in [2.75, 3.05) is 5.32 Å². The molecular weight excluding hydrogens is 306 g/mol. The minimum Gasteiger partial charge on any atom is -0.507 e. The quantitative estimate of drug-likeness (QED) is 0.844. The number of hydrogen-bond donors (Lipinski definition) is 2. The highest BCUT2D eigenvalue weighted by Gasteiger charge is 2.12. The summed E-state index contributed by atoms with van der Waals surface area (Å²) in [6.45, 7) is 1.76. The van der Waals surface area contributed by atoms with Crippen molar-refractivity contribution in [1.29, 1.82) is 0 Å². The zero-order chi connectivity index (χ0) is 13.8. The fourth-order valence-electron chi connectivity index (χ4n) is 1.72. The van der Waals surface area contributed by atoms with Gasteiger partial charge in [-0.15, -0.1) is 0 Å². The van der Waals surface area contributed by atoms with Gasteiger partial charge in [-0.1, -0.05) is 40.2 Å². The second-order valence-electron chi connectivity index (χ2n) is 4.26. The van der Waals surface area contributed by atoms with Gasteiger partial charge in [-0.2, -0.15) is 0 Å². The molecule has 4 heteroatoms. The number of para-hydroxylation sites is 1. The number of rotatable bonds is 3. The SMILES string of the molecule is Cc1cccc(C(=O)Nc2ccc(CBr)cc2)c1O. The van der Waals surface area contributed by atoms with Crippen LogP contribution in [0.3, 0.4) is 0 Å². The van der Waals surface area contributed by atoms with E-state index in [9.17, 15) is 9.90 Å². The highest BCUT2D eigenvalue weighted by Crippen LogP contribution is 2.22. The minimum atomic E-state index is -0.312. The molecule has 0 fully saturated rings. The number of aromatic hydroxyl groups is 1. The molecule has 0 heterocycles. The van der Waals surface area contributed by atoms with E-state index in [-0.39, 0.29) is 17.2 Å². The Balaban J connectivity index is 2.18. The second kappa shape index (κ2) is 5.89. The number of alkyl halides is 1. The molecule has 0 saturated carbocycles. The van der Waals surface area contributed by atoms with Crippen LogP contribution in [0.5, 0.6) is 5.75 Å². The normalized spacial score (nSPS) is 10.2. The Morgan fingerprint density at radius 2 is 1.89 bits per heavy atom. The lowest BCUT2D eigenvalue weighted by molar-refractivity contribution is 0.102. The molecule has 0 bridgehead atoms. The molecule has 0 aliphatic carbocycles. The van der Waals surface area contributed by atoms with Crippen LogP contribution in [-0.2, 0) is 5.33 Å². The molecule has 0 aliphatic heterocycles. The van der Waals surface area contributed by atoms with E-state index in [1.807, 2.05) is 24.3 Å². The average molecular weight is 320 g/mol. The highest BCUT2D eigenvalue weighted by atomic mass is 79.9. The first kappa shape index (κ1) is 13.6. The molecular formula is C15H14BrNO2. The molecule has 0 radical (unpaired) electrons. The van der Waals surface area contributed by atoms with Crippen molar-refractivity contribution >= 4 is 27.5 Å². The maximum Gasteiger partial charge on any atom is 0.259 e. The molecule has 3 nitrogen and oxygen atoms in total. The summed E-state index contributed by atoms with van der Waals surface area (Å²) in [5.74, 6) is -0.287. The molecule has 0 aromatic heterocycles. The second-order valence-corrected chi connectivity index (χ2v) is 4.82. The summed E-state index contributed by atoms with van der Waals surface area (Å²) in [5.41, 5.74) is 2.80. The molecule has 2 aromatic carbocycles. The number of phenols is 1. The zero-order valence-electron chi connectivity index (χ0n) is 10.5. The van der Waals surface area contributed by atoms with Gasteiger partial charge in [-0.25, -0.2) is 0 Å². The Bertz CT molecular complexity index is 594. The Kier molecular flexibility index (Phi) is 4.22. The lowest BCUT2D eigenvalue weighted by atomic mass is 10.1. The van der Waals surface area contributed by atoms with Gasteiger partial charge in [0.2, 0.25) is 0 Å². The van der Waals surface area contributed by atoms with Crippen molar-refractivity contribution in [2.24, 2.45) is 0 Å². The van der Waals surface area contributed by atoms with E-state index in [2.05, 4.69) is 21.2 Å². The van der Waals surface area contributed by atoms with E-state index < -0.39 is 0 Å². The van der Waals surface area contributed by atoms with Gasteiger partial charge in [-0.3, -0.25) is 4.79 Å². The maximum absolute atomic E-state index is 12.1. The van der Waals surface area contributed by atoms with E-state index in [1.54, 1.807) is 25.1 Å². The summed E-state index contributed by atoms with van der Waals surface area (Å²) in [5, 5.41) is 13.4. The molecule has 0 atom stereocenters. The van der Waals surface area contributed by atoms with Crippen LogP contribution >= 0.6 is 15.9 Å². The molecule has 0 aliphatic rings. The summed E-state index contributed by atoms with van der Waals surface area (Å²) >= 11 is 3.37. The zero-order valence-corrected chi connectivity index (χ0v) is 12.1. The van der Waals surface area contributed by atoms with E-state index in [0.717, 1.165) is 10.9 Å². The van der Waals surface area contributed by atoms with Gasteiger partial charge in [0, 0.05) is 11.0 Å². The molecule has 98 valence electrons. The first-order chi connectivity index (χ1) is 9.11. The van der Waals surface area contributed by atoms with Crippen LogP contribution in [0.25, 0.3) is 0 Å². The number of phenolic OH excluding ortho intramolecular Hbond substituents is 1. The largest absolute Gasteiger partial charge is 0.507 e. The third-order valence-corrected chi connectivity index (χ3v) is 3.50.